The summed E-state index contributed by atoms with van der Waals surface area (Å²) in [6, 6.07) is 9.52. The number of nitrogens with one attached hydrogen (secondary N) is 1. The van der Waals surface area contributed by atoms with Gasteiger partial charge in [-0.25, -0.2) is 4.79 Å². The maximum absolute atomic E-state index is 12.4. The summed E-state index contributed by atoms with van der Waals surface area (Å²) < 4.78 is 15.2. The number of halogens is 1. The fourth-order valence-electron chi connectivity index (χ4n) is 2.20. The van der Waals surface area contributed by atoms with Crippen LogP contribution in [0.2, 0.25) is 5.02 Å². The van der Waals surface area contributed by atoms with Crippen LogP contribution in [0.5, 0.6) is 11.5 Å². The van der Waals surface area contributed by atoms with Crippen LogP contribution in [-0.2, 0) is 9.53 Å². The Hall–Kier alpha value is -3.06. The van der Waals surface area contributed by atoms with E-state index in [-0.39, 0.29) is 22.6 Å². The lowest BCUT2D eigenvalue weighted by Crippen LogP contribution is -2.22. The second-order valence-electron chi connectivity index (χ2n) is 4.99. The summed E-state index contributed by atoms with van der Waals surface area (Å²) in [6.07, 6.45) is 0.488. The highest BCUT2D eigenvalue weighted by molar-refractivity contribution is 6.33. The van der Waals surface area contributed by atoms with E-state index in [1.807, 2.05) is 0 Å². The molecule has 0 heterocycles. The number of aldehydes is 1. The summed E-state index contributed by atoms with van der Waals surface area (Å²) in [7, 11) is 2.72. The third kappa shape index (κ3) is 4.31. The Morgan fingerprint density at radius 2 is 1.85 bits per heavy atom. The predicted molar refractivity (Wildman–Crippen MR) is 95.3 cm³/mol. The van der Waals surface area contributed by atoms with Crippen LogP contribution < -0.4 is 14.8 Å². The average Bonchev–Trinajstić information content (AvgIpc) is 2.66. The molecule has 0 saturated heterocycles. The first-order chi connectivity index (χ1) is 12.5. The van der Waals surface area contributed by atoms with E-state index in [2.05, 4.69) is 5.32 Å². The highest BCUT2D eigenvalue weighted by Crippen LogP contribution is 2.33. The van der Waals surface area contributed by atoms with E-state index in [4.69, 9.17) is 25.8 Å². The number of carbonyl (C=O) groups is 3. The molecule has 0 aliphatic rings. The number of anilines is 1. The molecule has 2 aromatic carbocycles. The lowest BCUT2D eigenvalue weighted by molar-refractivity contribution is -0.119. The minimum absolute atomic E-state index is 0.0496. The van der Waals surface area contributed by atoms with Gasteiger partial charge < -0.3 is 19.5 Å². The molecule has 0 radical (unpaired) electrons. The quantitative estimate of drug-likeness (QED) is 0.589. The van der Waals surface area contributed by atoms with Crippen molar-refractivity contribution in [3.8, 4) is 11.5 Å². The Labute approximate surface area is 154 Å². The molecule has 0 fully saturated rings. The molecule has 1 amide bonds. The molecular formula is C18H16ClNO6. The van der Waals surface area contributed by atoms with Crippen LogP contribution >= 0.6 is 11.6 Å². The first-order valence-corrected chi connectivity index (χ1v) is 7.81. The van der Waals surface area contributed by atoms with Crippen molar-refractivity contribution in [2.75, 3.05) is 26.1 Å². The second kappa shape index (κ2) is 8.87. The van der Waals surface area contributed by atoms with Gasteiger partial charge in [-0.15, -0.1) is 0 Å². The topological polar surface area (TPSA) is 90.9 Å². The molecule has 8 heteroatoms. The molecule has 0 bridgehead atoms. The molecule has 0 aliphatic heterocycles. The Morgan fingerprint density at radius 1 is 1.12 bits per heavy atom. The molecule has 7 nitrogen and oxygen atoms in total. The number of rotatable bonds is 7. The van der Waals surface area contributed by atoms with Crippen molar-refractivity contribution in [2.45, 2.75) is 0 Å². The van der Waals surface area contributed by atoms with Gasteiger partial charge in [-0.05, 0) is 24.3 Å². The third-order valence-electron chi connectivity index (χ3n) is 3.39. The summed E-state index contributed by atoms with van der Waals surface area (Å²) in [5.41, 5.74) is 0.328. The molecule has 0 saturated carbocycles. The van der Waals surface area contributed by atoms with E-state index in [9.17, 15) is 14.4 Å². The minimum Gasteiger partial charge on any atom is -0.493 e. The first-order valence-electron chi connectivity index (χ1n) is 7.43. The van der Waals surface area contributed by atoms with Gasteiger partial charge in [0.1, 0.15) is 5.56 Å². The maximum atomic E-state index is 12.4. The van der Waals surface area contributed by atoms with Gasteiger partial charge >= 0.3 is 5.97 Å². The summed E-state index contributed by atoms with van der Waals surface area (Å²) in [6.45, 7) is -0.567. The highest BCUT2D eigenvalue weighted by atomic mass is 35.5. The number of ether oxygens (including phenoxy) is 3. The van der Waals surface area contributed by atoms with E-state index < -0.39 is 18.5 Å². The van der Waals surface area contributed by atoms with Crippen LogP contribution in [0.1, 0.15) is 20.7 Å². The monoisotopic (exact) mass is 377 g/mol. The van der Waals surface area contributed by atoms with Crippen LogP contribution in [0.4, 0.5) is 5.69 Å². The fraction of sp³-hybridized carbons (Fsp3) is 0.167. The van der Waals surface area contributed by atoms with Crippen molar-refractivity contribution in [1.29, 1.82) is 0 Å². The van der Waals surface area contributed by atoms with E-state index in [0.717, 1.165) is 0 Å². The summed E-state index contributed by atoms with van der Waals surface area (Å²) in [5, 5.41) is 2.87. The average molecular weight is 378 g/mol. The van der Waals surface area contributed by atoms with Crippen LogP contribution in [0.25, 0.3) is 0 Å². The summed E-state index contributed by atoms with van der Waals surface area (Å²) >= 11 is 5.95. The van der Waals surface area contributed by atoms with Gasteiger partial charge in [0, 0.05) is 5.56 Å². The number of carbonyl (C=O) groups excluding carboxylic acids is 3. The van der Waals surface area contributed by atoms with Crippen molar-refractivity contribution in [2.24, 2.45) is 0 Å². The Morgan fingerprint density at radius 3 is 2.46 bits per heavy atom. The molecule has 26 heavy (non-hydrogen) atoms. The smallest absolute Gasteiger partial charge is 0.343 e. The van der Waals surface area contributed by atoms with Crippen molar-refractivity contribution in [1.82, 2.24) is 0 Å². The Bertz CT molecular complexity index is 836. The molecule has 0 unspecified atom stereocenters. The maximum Gasteiger partial charge on any atom is 0.343 e. The van der Waals surface area contributed by atoms with Crippen LogP contribution in [0.3, 0.4) is 0 Å². The molecule has 0 aromatic heterocycles. The summed E-state index contributed by atoms with van der Waals surface area (Å²) in [5.74, 6) is -1.17. The molecule has 136 valence electrons. The third-order valence-corrected chi connectivity index (χ3v) is 3.72. The molecule has 2 rings (SSSR count). The highest BCUT2D eigenvalue weighted by Gasteiger charge is 2.23. The minimum atomic E-state index is -0.892. The largest absolute Gasteiger partial charge is 0.493 e. The number of methoxy groups -OCH3 is 2. The first kappa shape index (κ1) is 19.3. The molecule has 0 spiro atoms. The van der Waals surface area contributed by atoms with E-state index in [0.29, 0.717) is 17.0 Å². The second-order valence-corrected chi connectivity index (χ2v) is 5.39. The van der Waals surface area contributed by atoms with Crippen molar-refractivity contribution in [3.63, 3.8) is 0 Å². The molecule has 0 aliphatic carbocycles. The predicted octanol–water partition coefficient (Wildman–Crippen LogP) is 2.97. The fourth-order valence-corrected chi connectivity index (χ4v) is 2.39. The van der Waals surface area contributed by atoms with Crippen molar-refractivity contribution < 1.29 is 28.6 Å². The van der Waals surface area contributed by atoms with Gasteiger partial charge in [0.2, 0.25) is 0 Å². The van der Waals surface area contributed by atoms with Crippen LogP contribution in [0, 0.1) is 0 Å². The molecule has 1 N–H and O–H groups in total. The summed E-state index contributed by atoms with van der Waals surface area (Å²) in [4.78, 5) is 35.6. The molecular weight excluding hydrogens is 362 g/mol. The van der Waals surface area contributed by atoms with Gasteiger partial charge in [-0.3, -0.25) is 9.59 Å². The zero-order chi connectivity index (χ0) is 19.1. The van der Waals surface area contributed by atoms with E-state index >= 15 is 0 Å². The van der Waals surface area contributed by atoms with Gasteiger partial charge in [-0.2, -0.15) is 0 Å². The lowest BCUT2D eigenvalue weighted by Gasteiger charge is -2.14. The zero-order valence-electron chi connectivity index (χ0n) is 14.1. The number of benzene rings is 2. The van der Waals surface area contributed by atoms with Crippen LogP contribution in [-0.4, -0.2) is 39.0 Å². The number of esters is 1. The SMILES string of the molecule is COc1ccc(C=O)c(C(=O)OCC(=O)Nc2ccccc2Cl)c1OC. The standard InChI is InChI=1S/C18H16ClNO6/c1-24-14-8-7-11(9-21)16(17(14)25-2)18(23)26-10-15(22)20-13-6-4-3-5-12(13)19/h3-9H,10H2,1-2H3,(H,20,22). The van der Waals surface area contributed by atoms with E-state index in [1.165, 1.54) is 26.4 Å². The van der Waals surface area contributed by atoms with Gasteiger partial charge in [0.15, 0.2) is 24.4 Å². The molecule has 0 atom stereocenters. The van der Waals surface area contributed by atoms with Crippen molar-refractivity contribution in [3.05, 3.63) is 52.5 Å². The van der Waals surface area contributed by atoms with Crippen molar-refractivity contribution >= 4 is 35.5 Å². The van der Waals surface area contributed by atoms with Crippen LogP contribution in [0.15, 0.2) is 36.4 Å². The normalized spacial score (nSPS) is 9.96. The van der Waals surface area contributed by atoms with Gasteiger partial charge in [-0.1, -0.05) is 23.7 Å². The number of para-hydroxylation sites is 1. The number of amides is 1. The lowest BCUT2D eigenvalue weighted by atomic mass is 10.1. The Balaban J connectivity index is 2.14. The number of hydrogen-bond donors (Lipinski definition) is 1. The zero-order valence-corrected chi connectivity index (χ0v) is 14.8. The number of hydrogen-bond acceptors (Lipinski definition) is 6. The molecule has 2 aromatic rings. The van der Waals surface area contributed by atoms with Gasteiger partial charge in [0.25, 0.3) is 5.91 Å². The van der Waals surface area contributed by atoms with Gasteiger partial charge in [0.05, 0.1) is 24.9 Å². The Kier molecular flexibility index (Phi) is 6.57. The van der Waals surface area contributed by atoms with E-state index in [1.54, 1.807) is 24.3 Å².